The zero-order valence-corrected chi connectivity index (χ0v) is 21.5. The van der Waals surface area contributed by atoms with Crippen LogP contribution in [0.1, 0.15) is 43.0 Å². The number of nitrogens with zero attached hydrogens (tertiary/aromatic N) is 5. The molecule has 196 valence electrons. The summed E-state index contributed by atoms with van der Waals surface area (Å²) in [5.41, 5.74) is 3.17. The predicted octanol–water partition coefficient (Wildman–Crippen LogP) is 1.46. The van der Waals surface area contributed by atoms with Gasteiger partial charge in [0.1, 0.15) is 18.2 Å². The number of carbonyl (C=O) groups is 2. The smallest absolute Gasteiger partial charge is 0.254 e. The molecule has 2 amide bonds. The summed E-state index contributed by atoms with van der Waals surface area (Å²) < 4.78 is 12.8. The van der Waals surface area contributed by atoms with Gasteiger partial charge in [0.15, 0.2) is 11.5 Å². The number of rotatable bonds is 8. The van der Waals surface area contributed by atoms with E-state index in [9.17, 15) is 9.59 Å². The highest BCUT2D eigenvalue weighted by Crippen LogP contribution is 2.33. The van der Waals surface area contributed by atoms with E-state index in [1.54, 1.807) is 26.6 Å². The highest BCUT2D eigenvalue weighted by molar-refractivity contribution is 5.87. The Morgan fingerprint density at radius 1 is 1.16 bits per heavy atom. The van der Waals surface area contributed by atoms with E-state index in [-0.39, 0.29) is 24.3 Å². The van der Waals surface area contributed by atoms with E-state index in [4.69, 9.17) is 9.47 Å². The average Bonchev–Trinajstić information content (AvgIpc) is 3.56. The highest BCUT2D eigenvalue weighted by Gasteiger charge is 2.30. The van der Waals surface area contributed by atoms with Crippen molar-refractivity contribution >= 4 is 23.4 Å². The number of aryl methyl sites for hydroxylation is 1. The summed E-state index contributed by atoms with van der Waals surface area (Å²) in [6.45, 7) is 2.98. The molecule has 1 aromatic carbocycles. The van der Waals surface area contributed by atoms with Crippen LogP contribution in [-0.2, 0) is 28.9 Å². The fourth-order valence-corrected chi connectivity index (χ4v) is 5.45. The Kier molecular flexibility index (Phi) is 7.11. The Labute approximate surface area is 215 Å². The molecule has 0 bridgehead atoms. The van der Waals surface area contributed by atoms with Gasteiger partial charge in [0.25, 0.3) is 5.78 Å². The second kappa shape index (κ2) is 10.6. The van der Waals surface area contributed by atoms with Crippen molar-refractivity contribution in [2.75, 3.05) is 32.2 Å². The Hall–Kier alpha value is -3.89. The van der Waals surface area contributed by atoms with Gasteiger partial charge in [-0.25, -0.2) is 4.98 Å². The fraction of sp³-hybridized carbons (Fsp3) is 0.500. The summed E-state index contributed by atoms with van der Waals surface area (Å²) in [5, 5.41) is 10.4. The monoisotopic (exact) mass is 507 g/mol. The molecule has 11 nitrogen and oxygen atoms in total. The number of methoxy groups -OCH3 is 2. The second-order valence-electron chi connectivity index (χ2n) is 9.57. The van der Waals surface area contributed by atoms with Gasteiger partial charge in [-0.05, 0) is 38.2 Å². The van der Waals surface area contributed by atoms with Crippen LogP contribution in [-0.4, -0.2) is 70.8 Å². The molecule has 0 spiro atoms. The number of fused-ring (bicyclic) bond motifs is 2. The van der Waals surface area contributed by atoms with E-state index in [0.29, 0.717) is 17.3 Å². The van der Waals surface area contributed by atoms with Crippen molar-refractivity contribution in [3.05, 3.63) is 41.3 Å². The molecule has 3 aromatic rings. The Morgan fingerprint density at radius 3 is 2.70 bits per heavy atom. The van der Waals surface area contributed by atoms with Crippen LogP contribution in [0.5, 0.6) is 11.5 Å². The normalized spacial score (nSPS) is 16.4. The molecule has 2 N–H and O–H groups in total. The number of anilines is 1. The third kappa shape index (κ3) is 5.03. The molecule has 3 heterocycles. The van der Waals surface area contributed by atoms with Gasteiger partial charge >= 0.3 is 0 Å². The summed E-state index contributed by atoms with van der Waals surface area (Å²) in [5.74, 6) is 2.39. The maximum atomic E-state index is 13.3. The van der Waals surface area contributed by atoms with Gasteiger partial charge in [0.05, 0.1) is 19.9 Å². The minimum absolute atomic E-state index is 0.00772. The Balaban J connectivity index is 1.27. The van der Waals surface area contributed by atoms with Gasteiger partial charge in [-0.15, -0.1) is 0 Å². The summed E-state index contributed by atoms with van der Waals surface area (Å²) >= 11 is 0. The number of ether oxygens (including phenoxy) is 2. The number of para-hydroxylation sites is 1. The van der Waals surface area contributed by atoms with Crippen LogP contribution in [0.15, 0.2) is 24.5 Å². The third-order valence-electron chi connectivity index (χ3n) is 7.17. The lowest BCUT2D eigenvalue weighted by Crippen LogP contribution is -2.52. The van der Waals surface area contributed by atoms with Crippen LogP contribution < -0.4 is 25.0 Å². The van der Waals surface area contributed by atoms with Gasteiger partial charge in [-0.2, -0.15) is 14.6 Å². The first-order valence-electron chi connectivity index (χ1n) is 12.7. The molecule has 2 aromatic heterocycles. The minimum Gasteiger partial charge on any atom is -0.493 e. The first-order valence-corrected chi connectivity index (χ1v) is 12.7. The van der Waals surface area contributed by atoms with Gasteiger partial charge in [-0.3, -0.25) is 9.59 Å². The van der Waals surface area contributed by atoms with Gasteiger partial charge in [0.2, 0.25) is 11.8 Å². The number of piperidine rings is 1. The summed E-state index contributed by atoms with van der Waals surface area (Å²) in [6, 6.07) is 4.80. The lowest BCUT2D eigenvalue weighted by Gasteiger charge is -2.35. The topological polar surface area (TPSA) is 123 Å². The largest absolute Gasteiger partial charge is 0.493 e. The van der Waals surface area contributed by atoms with E-state index >= 15 is 0 Å². The molecule has 1 aliphatic carbocycles. The molecule has 37 heavy (non-hydrogen) atoms. The standard InChI is InChI=1S/C26H33N7O4/c1-16(34)29-21(14-17-6-4-9-22(36-2)23(17)37-3)24(35)30-18-10-12-32(13-11-18)25-19-7-5-8-20(19)31-26-27-15-28-33(25)26/h4,6,9,15,18,21H,5,7-8,10-14H2,1-3H3,(H,29,34)(H,30,35)/t21-/m1/s1. The molecule has 5 rings (SSSR count). The van der Waals surface area contributed by atoms with E-state index in [0.717, 1.165) is 62.3 Å². The number of hydrogen-bond donors (Lipinski definition) is 2. The molecule has 1 saturated heterocycles. The summed E-state index contributed by atoms with van der Waals surface area (Å²) in [4.78, 5) is 36.6. The molecule has 2 aliphatic rings. The number of aromatic nitrogens is 4. The number of carbonyl (C=O) groups excluding carboxylic acids is 2. The molecule has 0 radical (unpaired) electrons. The summed E-state index contributed by atoms with van der Waals surface area (Å²) in [7, 11) is 3.13. The number of hydrogen-bond acceptors (Lipinski definition) is 8. The molecule has 1 fully saturated rings. The van der Waals surface area contributed by atoms with E-state index in [1.807, 2.05) is 16.6 Å². The first-order chi connectivity index (χ1) is 18.0. The van der Waals surface area contributed by atoms with Gasteiger partial charge < -0.3 is 25.0 Å². The number of amides is 2. The van der Waals surface area contributed by atoms with E-state index in [2.05, 4.69) is 30.6 Å². The lowest BCUT2D eigenvalue weighted by atomic mass is 10.0. The van der Waals surface area contributed by atoms with E-state index in [1.165, 1.54) is 12.5 Å². The van der Waals surface area contributed by atoms with Crippen molar-refractivity contribution in [1.29, 1.82) is 0 Å². The second-order valence-corrected chi connectivity index (χ2v) is 9.57. The molecule has 11 heteroatoms. The minimum atomic E-state index is -0.727. The third-order valence-corrected chi connectivity index (χ3v) is 7.17. The van der Waals surface area contributed by atoms with Gasteiger partial charge in [-0.1, -0.05) is 12.1 Å². The molecular formula is C26H33N7O4. The highest BCUT2D eigenvalue weighted by atomic mass is 16.5. The van der Waals surface area contributed by atoms with E-state index < -0.39 is 6.04 Å². The van der Waals surface area contributed by atoms with Gasteiger partial charge in [0, 0.05) is 43.6 Å². The van der Waals surface area contributed by atoms with Crippen molar-refractivity contribution in [3.8, 4) is 11.5 Å². The number of benzene rings is 1. The molecule has 0 unspecified atom stereocenters. The van der Waals surface area contributed by atoms with Crippen molar-refractivity contribution in [2.45, 2.75) is 57.5 Å². The van der Waals surface area contributed by atoms with Crippen LogP contribution in [0.2, 0.25) is 0 Å². The lowest BCUT2D eigenvalue weighted by molar-refractivity contribution is -0.128. The van der Waals surface area contributed by atoms with Crippen LogP contribution >= 0.6 is 0 Å². The average molecular weight is 508 g/mol. The molecular weight excluding hydrogens is 474 g/mol. The van der Waals surface area contributed by atoms with Crippen molar-refractivity contribution in [2.24, 2.45) is 0 Å². The van der Waals surface area contributed by atoms with Crippen molar-refractivity contribution < 1.29 is 19.1 Å². The molecule has 1 atom stereocenters. The summed E-state index contributed by atoms with van der Waals surface area (Å²) in [6.07, 6.45) is 6.48. The van der Waals surface area contributed by atoms with Crippen molar-refractivity contribution in [1.82, 2.24) is 30.2 Å². The number of nitrogens with one attached hydrogen (secondary N) is 2. The maximum Gasteiger partial charge on any atom is 0.254 e. The zero-order valence-electron chi connectivity index (χ0n) is 21.5. The van der Waals surface area contributed by atoms with Crippen LogP contribution in [0.4, 0.5) is 5.82 Å². The van der Waals surface area contributed by atoms with Crippen LogP contribution in [0, 0.1) is 0 Å². The molecule has 1 aliphatic heterocycles. The predicted molar refractivity (Wildman–Crippen MR) is 137 cm³/mol. The fourth-order valence-electron chi connectivity index (χ4n) is 5.45. The molecule has 0 saturated carbocycles. The van der Waals surface area contributed by atoms with Crippen LogP contribution in [0.25, 0.3) is 5.78 Å². The van der Waals surface area contributed by atoms with Crippen LogP contribution in [0.3, 0.4) is 0 Å². The first kappa shape index (κ1) is 24.8. The Bertz CT molecular complexity index is 1300. The SMILES string of the molecule is COc1cccc(C[C@@H](NC(C)=O)C(=O)NC2CCN(c3c4c(nc5ncnn35)CCC4)CC2)c1OC. The maximum absolute atomic E-state index is 13.3. The Morgan fingerprint density at radius 2 is 1.97 bits per heavy atom. The van der Waals surface area contributed by atoms with Crippen molar-refractivity contribution in [3.63, 3.8) is 0 Å². The zero-order chi connectivity index (χ0) is 25.9. The quantitative estimate of drug-likeness (QED) is 0.470.